The average molecular weight is 379 g/mol. The minimum atomic E-state index is -0.198. The third-order valence-electron chi connectivity index (χ3n) is 3.74. The standard InChI is InChI=1S/C16H10Cl3N5/c17-10-3-1-2-9(6-10)15-8-14(20-16-21-22-23-24(15)16)12-5-4-11(18)7-13(12)19/h1-8,15H,(H,20,21,23)/t15-/m0/s1. The summed E-state index contributed by atoms with van der Waals surface area (Å²) in [5, 5.41) is 16.8. The molecule has 0 bridgehead atoms. The van der Waals surface area contributed by atoms with Crippen LogP contribution in [0.1, 0.15) is 17.2 Å². The second kappa shape index (κ2) is 6.09. The van der Waals surface area contributed by atoms with E-state index in [1.807, 2.05) is 36.4 Å². The first-order chi connectivity index (χ1) is 11.6. The summed E-state index contributed by atoms with van der Waals surface area (Å²) in [6.45, 7) is 0. The van der Waals surface area contributed by atoms with Crippen LogP contribution < -0.4 is 5.32 Å². The summed E-state index contributed by atoms with van der Waals surface area (Å²) in [6.07, 6.45) is 2.00. The van der Waals surface area contributed by atoms with E-state index < -0.39 is 0 Å². The number of nitrogens with zero attached hydrogens (tertiary/aromatic N) is 4. The molecule has 3 aromatic rings. The first-order valence-electron chi connectivity index (χ1n) is 7.09. The van der Waals surface area contributed by atoms with E-state index in [0.29, 0.717) is 21.0 Å². The lowest BCUT2D eigenvalue weighted by Crippen LogP contribution is -2.20. The summed E-state index contributed by atoms with van der Waals surface area (Å²) in [7, 11) is 0. The van der Waals surface area contributed by atoms with Gasteiger partial charge in [-0.05, 0) is 52.4 Å². The van der Waals surface area contributed by atoms with Crippen molar-refractivity contribution in [3.8, 4) is 0 Å². The average Bonchev–Trinajstić information content (AvgIpc) is 3.02. The Kier molecular flexibility index (Phi) is 3.92. The number of benzene rings is 2. The first kappa shape index (κ1) is 15.4. The molecule has 8 heteroatoms. The quantitative estimate of drug-likeness (QED) is 0.703. The minimum absolute atomic E-state index is 0.198. The molecular formula is C16H10Cl3N5. The van der Waals surface area contributed by atoms with Crippen LogP contribution in [0.15, 0.2) is 48.5 Å². The molecule has 0 radical (unpaired) electrons. The minimum Gasteiger partial charge on any atom is -0.323 e. The number of aromatic nitrogens is 4. The summed E-state index contributed by atoms with van der Waals surface area (Å²) >= 11 is 18.5. The molecule has 0 saturated carbocycles. The van der Waals surface area contributed by atoms with E-state index in [4.69, 9.17) is 34.8 Å². The Hall–Kier alpha value is -2.08. The van der Waals surface area contributed by atoms with Crippen molar-refractivity contribution in [2.24, 2.45) is 0 Å². The summed E-state index contributed by atoms with van der Waals surface area (Å²) in [5.74, 6) is 0.531. The van der Waals surface area contributed by atoms with Crippen molar-refractivity contribution in [3.05, 3.63) is 74.7 Å². The van der Waals surface area contributed by atoms with Gasteiger partial charge in [0.15, 0.2) is 0 Å². The highest BCUT2D eigenvalue weighted by Crippen LogP contribution is 2.35. The van der Waals surface area contributed by atoms with Gasteiger partial charge >= 0.3 is 0 Å². The van der Waals surface area contributed by atoms with Crippen molar-refractivity contribution in [2.45, 2.75) is 6.04 Å². The Morgan fingerprint density at radius 2 is 1.83 bits per heavy atom. The van der Waals surface area contributed by atoms with Crippen LogP contribution in [-0.2, 0) is 0 Å². The largest absolute Gasteiger partial charge is 0.323 e. The van der Waals surface area contributed by atoms with Crippen LogP contribution in [-0.4, -0.2) is 20.2 Å². The zero-order valence-electron chi connectivity index (χ0n) is 12.1. The molecule has 24 heavy (non-hydrogen) atoms. The van der Waals surface area contributed by atoms with Crippen LogP contribution in [0.5, 0.6) is 0 Å². The molecule has 0 saturated heterocycles. The predicted octanol–water partition coefficient (Wildman–Crippen LogP) is 4.69. The molecule has 0 aliphatic carbocycles. The van der Waals surface area contributed by atoms with Crippen molar-refractivity contribution < 1.29 is 0 Å². The number of fused-ring (bicyclic) bond motifs is 1. The van der Waals surface area contributed by atoms with Crippen molar-refractivity contribution in [1.82, 2.24) is 20.2 Å². The van der Waals surface area contributed by atoms with Gasteiger partial charge in [0.2, 0.25) is 5.95 Å². The number of tetrazole rings is 1. The van der Waals surface area contributed by atoms with Gasteiger partial charge in [-0.1, -0.05) is 52.0 Å². The van der Waals surface area contributed by atoms with E-state index >= 15 is 0 Å². The van der Waals surface area contributed by atoms with Gasteiger partial charge < -0.3 is 5.32 Å². The normalized spacial score (nSPS) is 16.3. The maximum atomic E-state index is 6.34. The SMILES string of the molecule is Clc1cccc([C@@H]2C=C(c3ccc(Cl)cc3Cl)Nc3nnnn32)c1. The Morgan fingerprint density at radius 1 is 1.00 bits per heavy atom. The maximum absolute atomic E-state index is 6.34. The van der Waals surface area contributed by atoms with Gasteiger partial charge in [-0.25, -0.2) is 0 Å². The van der Waals surface area contributed by atoms with Gasteiger partial charge in [-0.3, -0.25) is 0 Å². The summed E-state index contributed by atoms with van der Waals surface area (Å²) in [6, 6.07) is 12.7. The van der Waals surface area contributed by atoms with Gasteiger partial charge in [-0.15, -0.1) is 0 Å². The monoisotopic (exact) mass is 377 g/mol. The second-order valence-corrected chi connectivity index (χ2v) is 6.56. The molecule has 0 fully saturated rings. The molecule has 2 aromatic carbocycles. The number of halogens is 3. The van der Waals surface area contributed by atoms with Crippen LogP contribution in [0.4, 0.5) is 5.95 Å². The van der Waals surface area contributed by atoms with E-state index in [9.17, 15) is 0 Å². The molecule has 0 amide bonds. The molecule has 4 rings (SSSR count). The molecular weight excluding hydrogens is 369 g/mol. The van der Waals surface area contributed by atoms with Crippen LogP contribution in [0, 0.1) is 0 Å². The number of rotatable bonds is 2. The molecule has 120 valence electrons. The van der Waals surface area contributed by atoms with Crippen LogP contribution in [0.3, 0.4) is 0 Å². The zero-order valence-corrected chi connectivity index (χ0v) is 14.4. The molecule has 0 unspecified atom stereocenters. The molecule has 1 N–H and O–H groups in total. The third-order valence-corrected chi connectivity index (χ3v) is 4.52. The lowest BCUT2D eigenvalue weighted by molar-refractivity contribution is 0.586. The summed E-state index contributed by atoms with van der Waals surface area (Å²) < 4.78 is 1.69. The van der Waals surface area contributed by atoms with E-state index in [1.54, 1.807) is 16.8 Å². The van der Waals surface area contributed by atoms with Gasteiger partial charge in [0, 0.05) is 21.3 Å². The number of hydrogen-bond donors (Lipinski definition) is 1. The summed E-state index contributed by atoms with van der Waals surface area (Å²) in [4.78, 5) is 0. The fourth-order valence-electron chi connectivity index (χ4n) is 2.65. The van der Waals surface area contributed by atoms with E-state index in [2.05, 4.69) is 20.8 Å². The second-order valence-electron chi connectivity index (χ2n) is 5.28. The lowest BCUT2D eigenvalue weighted by atomic mass is 10.0. The van der Waals surface area contributed by atoms with Crippen molar-refractivity contribution in [1.29, 1.82) is 0 Å². The zero-order chi connectivity index (χ0) is 16.7. The fourth-order valence-corrected chi connectivity index (χ4v) is 3.36. The molecule has 1 atom stereocenters. The van der Waals surface area contributed by atoms with Gasteiger partial charge in [0.05, 0.1) is 5.02 Å². The molecule has 1 aliphatic rings. The molecule has 2 heterocycles. The fraction of sp³-hybridized carbons (Fsp3) is 0.0625. The molecule has 0 spiro atoms. The van der Waals surface area contributed by atoms with Crippen LogP contribution >= 0.6 is 34.8 Å². The van der Waals surface area contributed by atoms with E-state index in [-0.39, 0.29) is 6.04 Å². The number of nitrogens with one attached hydrogen (secondary N) is 1. The van der Waals surface area contributed by atoms with Gasteiger partial charge in [0.1, 0.15) is 6.04 Å². The highest BCUT2D eigenvalue weighted by molar-refractivity contribution is 6.35. The van der Waals surface area contributed by atoms with Crippen molar-refractivity contribution in [2.75, 3.05) is 5.32 Å². The topological polar surface area (TPSA) is 55.6 Å². The molecule has 1 aromatic heterocycles. The Bertz CT molecular complexity index is 950. The number of anilines is 1. The van der Waals surface area contributed by atoms with Gasteiger partial charge in [-0.2, -0.15) is 4.68 Å². The summed E-state index contributed by atoms with van der Waals surface area (Å²) in [5.41, 5.74) is 2.60. The molecule has 1 aliphatic heterocycles. The van der Waals surface area contributed by atoms with E-state index in [1.165, 1.54) is 0 Å². The Morgan fingerprint density at radius 3 is 2.62 bits per heavy atom. The maximum Gasteiger partial charge on any atom is 0.248 e. The van der Waals surface area contributed by atoms with Crippen LogP contribution in [0.2, 0.25) is 15.1 Å². The van der Waals surface area contributed by atoms with E-state index in [0.717, 1.165) is 16.8 Å². The Labute approximate surface area is 152 Å². The molecule has 5 nitrogen and oxygen atoms in total. The highest BCUT2D eigenvalue weighted by atomic mass is 35.5. The van der Waals surface area contributed by atoms with Crippen molar-refractivity contribution >= 4 is 46.4 Å². The van der Waals surface area contributed by atoms with Crippen molar-refractivity contribution in [3.63, 3.8) is 0 Å². The lowest BCUT2D eigenvalue weighted by Gasteiger charge is -2.24. The van der Waals surface area contributed by atoms with Crippen LogP contribution in [0.25, 0.3) is 5.70 Å². The highest BCUT2D eigenvalue weighted by Gasteiger charge is 2.25. The number of hydrogen-bond acceptors (Lipinski definition) is 4. The smallest absolute Gasteiger partial charge is 0.248 e. The Balaban J connectivity index is 1.84. The first-order valence-corrected chi connectivity index (χ1v) is 8.23. The van der Waals surface area contributed by atoms with Gasteiger partial charge in [0.25, 0.3) is 0 Å². The number of allylic oxidation sites excluding steroid dienone is 1. The third kappa shape index (κ3) is 2.75. The predicted molar refractivity (Wildman–Crippen MR) is 95.5 cm³/mol.